The van der Waals surface area contributed by atoms with E-state index >= 15 is 0 Å². The van der Waals surface area contributed by atoms with Gasteiger partial charge in [-0.3, -0.25) is 4.79 Å². The summed E-state index contributed by atoms with van der Waals surface area (Å²) in [4.78, 5) is 18.6. The van der Waals surface area contributed by atoms with Crippen LogP contribution in [0.3, 0.4) is 0 Å². The molecule has 1 aromatic heterocycles. The molecule has 6 heteroatoms. The van der Waals surface area contributed by atoms with Crippen LogP contribution >= 0.6 is 0 Å². The Morgan fingerprint density at radius 1 is 1.52 bits per heavy atom. The summed E-state index contributed by atoms with van der Waals surface area (Å²) in [6.45, 7) is 10.3. The first-order valence-electron chi connectivity index (χ1n) is 7.43. The average Bonchev–Trinajstić information content (AvgIpc) is 3.04. The Balaban J connectivity index is 2.09. The zero-order valence-corrected chi connectivity index (χ0v) is 13.3. The topological polar surface area (TPSA) is 81.6 Å². The van der Waals surface area contributed by atoms with E-state index in [1.807, 2.05) is 27.7 Å². The maximum atomic E-state index is 12.5. The molecule has 118 valence electrons. The number of oxazole rings is 1. The van der Waals surface area contributed by atoms with Crippen molar-refractivity contribution in [3.8, 4) is 0 Å². The third-order valence-corrected chi connectivity index (χ3v) is 3.72. The van der Waals surface area contributed by atoms with Crippen LogP contribution < -0.4 is 5.73 Å². The molecule has 1 aromatic rings. The normalized spacial score (nSPS) is 22.8. The summed E-state index contributed by atoms with van der Waals surface area (Å²) in [7, 11) is 0. The second-order valence-electron chi connectivity index (χ2n) is 6.49. The fraction of sp³-hybridized carbons (Fsp3) is 0.733. The molecular weight excluding hydrogens is 270 g/mol. The van der Waals surface area contributed by atoms with E-state index in [0.29, 0.717) is 37.8 Å². The Morgan fingerprint density at radius 3 is 2.76 bits per heavy atom. The molecule has 2 atom stereocenters. The maximum absolute atomic E-state index is 12.5. The van der Waals surface area contributed by atoms with Crippen molar-refractivity contribution in [2.45, 2.75) is 39.2 Å². The number of rotatable bonds is 4. The van der Waals surface area contributed by atoms with Gasteiger partial charge in [-0.05, 0) is 13.5 Å². The molecule has 1 aliphatic heterocycles. The smallest absolute Gasteiger partial charge is 0.275 e. The number of likely N-dealkylation sites (tertiary alicyclic amines) is 1. The van der Waals surface area contributed by atoms with Crippen molar-refractivity contribution in [3.05, 3.63) is 17.8 Å². The first kappa shape index (κ1) is 16.0. The highest BCUT2D eigenvalue weighted by Crippen LogP contribution is 2.24. The number of carbonyl (C=O) groups excluding carboxylic acids is 1. The van der Waals surface area contributed by atoms with Crippen LogP contribution in [0.1, 0.15) is 44.1 Å². The molecule has 0 aliphatic carbocycles. The quantitative estimate of drug-likeness (QED) is 0.908. The number of hydrogen-bond acceptors (Lipinski definition) is 5. The summed E-state index contributed by atoms with van der Waals surface area (Å²) in [5.74, 6) is 0.638. The van der Waals surface area contributed by atoms with Gasteiger partial charge in [0, 0.05) is 31.0 Å². The fourth-order valence-electron chi connectivity index (χ4n) is 2.51. The van der Waals surface area contributed by atoms with Crippen LogP contribution in [0.15, 0.2) is 10.7 Å². The molecule has 2 N–H and O–H groups in total. The average molecular weight is 295 g/mol. The van der Waals surface area contributed by atoms with Gasteiger partial charge < -0.3 is 19.8 Å². The summed E-state index contributed by atoms with van der Waals surface area (Å²) < 4.78 is 11.1. The molecule has 0 spiro atoms. The lowest BCUT2D eigenvalue weighted by atomic mass is 9.97. The second kappa shape index (κ2) is 6.15. The van der Waals surface area contributed by atoms with Crippen molar-refractivity contribution >= 4 is 5.91 Å². The van der Waals surface area contributed by atoms with E-state index in [4.69, 9.17) is 14.9 Å². The van der Waals surface area contributed by atoms with Gasteiger partial charge in [0.1, 0.15) is 6.26 Å². The highest BCUT2D eigenvalue weighted by atomic mass is 16.5. The van der Waals surface area contributed by atoms with E-state index < -0.39 is 0 Å². The monoisotopic (exact) mass is 295 g/mol. The summed E-state index contributed by atoms with van der Waals surface area (Å²) in [5, 5.41) is 0. The van der Waals surface area contributed by atoms with Crippen molar-refractivity contribution in [1.29, 1.82) is 0 Å². The Bertz CT molecular complexity index is 493. The Morgan fingerprint density at radius 2 is 2.24 bits per heavy atom. The number of carbonyl (C=O) groups is 1. The maximum Gasteiger partial charge on any atom is 0.275 e. The molecule has 21 heavy (non-hydrogen) atoms. The summed E-state index contributed by atoms with van der Waals surface area (Å²) in [6, 6.07) is 0. The summed E-state index contributed by atoms with van der Waals surface area (Å²) in [5.41, 5.74) is 5.91. The zero-order valence-electron chi connectivity index (χ0n) is 13.3. The lowest BCUT2D eigenvalue weighted by Gasteiger charge is -2.15. The molecule has 1 aliphatic rings. The number of nitrogens with zero attached hydrogens (tertiary/aromatic N) is 2. The molecule has 1 saturated heterocycles. The standard InChI is InChI=1S/C15H25N3O3/c1-5-20-12-8-18(7-10(12)6-16)13(19)11-9-21-14(17-11)15(2,3)4/h9-10,12H,5-8,16H2,1-4H3/t10-,12-/m1/s1. The zero-order chi connectivity index (χ0) is 15.6. The van der Waals surface area contributed by atoms with Crippen LogP contribution in [0, 0.1) is 5.92 Å². The lowest BCUT2D eigenvalue weighted by molar-refractivity contribution is 0.0431. The minimum absolute atomic E-state index is 0.0120. The molecule has 1 amide bonds. The molecule has 2 rings (SSSR count). The number of hydrogen-bond donors (Lipinski definition) is 1. The SMILES string of the molecule is CCO[C@@H]1CN(C(=O)c2coc(C(C)(C)C)n2)C[C@H]1CN. The molecule has 0 saturated carbocycles. The van der Waals surface area contributed by atoms with Gasteiger partial charge in [0.05, 0.1) is 6.10 Å². The van der Waals surface area contributed by atoms with Crippen LogP contribution in [-0.4, -0.2) is 48.1 Å². The Kier molecular flexibility index (Phi) is 4.68. The third kappa shape index (κ3) is 3.44. The summed E-state index contributed by atoms with van der Waals surface area (Å²) in [6.07, 6.45) is 1.45. The largest absolute Gasteiger partial charge is 0.448 e. The molecule has 1 fully saturated rings. The van der Waals surface area contributed by atoms with E-state index in [2.05, 4.69) is 4.98 Å². The fourth-order valence-corrected chi connectivity index (χ4v) is 2.51. The van der Waals surface area contributed by atoms with Crippen LogP contribution in [0.4, 0.5) is 0 Å². The van der Waals surface area contributed by atoms with Crippen molar-refractivity contribution in [1.82, 2.24) is 9.88 Å². The van der Waals surface area contributed by atoms with Gasteiger partial charge >= 0.3 is 0 Å². The molecule has 0 radical (unpaired) electrons. The van der Waals surface area contributed by atoms with Gasteiger partial charge in [-0.1, -0.05) is 20.8 Å². The van der Waals surface area contributed by atoms with Crippen molar-refractivity contribution in [2.75, 3.05) is 26.2 Å². The number of ether oxygens (including phenoxy) is 1. The summed E-state index contributed by atoms with van der Waals surface area (Å²) >= 11 is 0. The number of aromatic nitrogens is 1. The highest BCUT2D eigenvalue weighted by Gasteiger charge is 2.36. The van der Waals surface area contributed by atoms with Gasteiger partial charge in [0.15, 0.2) is 11.6 Å². The number of nitrogens with two attached hydrogens (primary N) is 1. The van der Waals surface area contributed by atoms with Crippen LogP contribution in [-0.2, 0) is 10.2 Å². The van der Waals surface area contributed by atoms with E-state index in [0.717, 1.165) is 0 Å². The van der Waals surface area contributed by atoms with Crippen molar-refractivity contribution in [2.24, 2.45) is 11.7 Å². The molecule has 0 unspecified atom stereocenters. The third-order valence-electron chi connectivity index (χ3n) is 3.72. The van der Waals surface area contributed by atoms with Crippen molar-refractivity contribution in [3.63, 3.8) is 0 Å². The van der Waals surface area contributed by atoms with Crippen LogP contribution in [0.2, 0.25) is 0 Å². The predicted molar refractivity (Wildman–Crippen MR) is 79.1 cm³/mol. The predicted octanol–water partition coefficient (Wildman–Crippen LogP) is 1.41. The van der Waals surface area contributed by atoms with Crippen LogP contribution in [0.5, 0.6) is 0 Å². The molecule has 0 bridgehead atoms. The van der Waals surface area contributed by atoms with E-state index in [1.54, 1.807) is 4.90 Å². The van der Waals surface area contributed by atoms with Gasteiger partial charge in [0.2, 0.25) is 0 Å². The number of amides is 1. The first-order valence-corrected chi connectivity index (χ1v) is 7.43. The van der Waals surface area contributed by atoms with E-state index in [9.17, 15) is 4.79 Å². The van der Waals surface area contributed by atoms with E-state index in [-0.39, 0.29) is 23.3 Å². The Labute approximate surface area is 125 Å². The molecular formula is C15H25N3O3. The van der Waals surface area contributed by atoms with Gasteiger partial charge in [-0.15, -0.1) is 0 Å². The molecule has 6 nitrogen and oxygen atoms in total. The lowest BCUT2D eigenvalue weighted by Crippen LogP contribution is -2.30. The molecule has 0 aromatic carbocycles. The first-order chi connectivity index (χ1) is 9.86. The van der Waals surface area contributed by atoms with E-state index in [1.165, 1.54) is 6.26 Å². The molecule has 2 heterocycles. The van der Waals surface area contributed by atoms with Gasteiger partial charge in [-0.25, -0.2) is 4.98 Å². The minimum Gasteiger partial charge on any atom is -0.448 e. The highest BCUT2D eigenvalue weighted by molar-refractivity contribution is 5.92. The second-order valence-corrected chi connectivity index (χ2v) is 6.49. The van der Waals surface area contributed by atoms with Crippen molar-refractivity contribution < 1.29 is 13.9 Å². The minimum atomic E-state index is -0.211. The Hall–Kier alpha value is -1.40. The van der Waals surface area contributed by atoms with Crippen LogP contribution in [0.25, 0.3) is 0 Å². The van der Waals surface area contributed by atoms with Gasteiger partial charge in [0.25, 0.3) is 5.91 Å². The van der Waals surface area contributed by atoms with Gasteiger partial charge in [-0.2, -0.15) is 0 Å².